The second-order valence-electron chi connectivity index (χ2n) is 5.07. The lowest BCUT2D eigenvalue weighted by atomic mass is 10.1. The zero-order valence-electron chi connectivity index (χ0n) is 13.2. The van der Waals surface area contributed by atoms with Crippen molar-refractivity contribution in [2.75, 3.05) is 0 Å². The number of carbonyl (C=O) groups is 1. The Morgan fingerprint density at radius 3 is 2.57 bits per heavy atom. The fourth-order valence-corrected chi connectivity index (χ4v) is 2.31. The summed E-state index contributed by atoms with van der Waals surface area (Å²) >= 11 is 0. The number of aromatic nitrogens is 2. The number of para-hydroxylation sites is 1. The van der Waals surface area contributed by atoms with Gasteiger partial charge < -0.3 is 0 Å². The van der Waals surface area contributed by atoms with E-state index in [4.69, 9.17) is 0 Å². The van der Waals surface area contributed by atoms with Crippen LogP contribution in [0.25, 0.3) is 6.08 Å². The lowest BCUT2D eigenvalue weighted by molar-refractivity contribution is -0.385. The van der Waals surface area contributed by atoms with Gasteiger partial charge in [0.25, 0.3) is 5.69 Å². The summed E-state index contributed by atoms with van der Waals surface area (Å²) in [6.45, 7) is 3.63. The number of benzene rings is 1. The number of carbonyl (C=O) groups excluding carboxylic acids is 1. The van der Waals surface area contributed by atoms with E-state index in [1.807, 2.05) is 6.92 Å². The Hall–Kier alpha value is -3.02. The van der Waals surface area contributed by atoms with Crippen LogP contribution in [0, 0.1) is 24.0 Å². The van der Waals surface area contributed by atoms with E-state index in [-0.39, 0.29) is 11.5 Å². The maximum atomic E-state index is 12.2. The molecule has 0 unspecified atom stereocenters. The molecule has 2 rings (SSSR count). The van der Waals surface area contributed by atoms with E-state index >= 15 is 0 Å². The summed E-state index contributed by atoms with van der Waals surface area (Å²) in [5, 5.41) is 15.1. The first kappa shape index (κ1) is 16.4. The smallest absolute Gasteiger partial charge is 0.276 e. The molecule has 0 aliphatic rings. The highest BCUT2D eigenvalue weighted by Gasteiger charge is 2.14. The standard InChI is InChI=1S/C17H17N3O3/c1-12-17(13(2)19(3)18-12)16(21)11-7-5-9-14-8-4-6-10-15(14)20(22)23/h4-11H,1-3H3. The summed E-state index contributed by atoms with van der Waals surface area (Å²) in [6, 6.07) is 6.43. The first-order valence-corrected chi connectivity index (χ1v) is 7.04. The summed E-state index contributed by atoms with van der Waals surface area (Å²) in [5.41, 5.74) is 2.59. The number of aryl methyl sites for hydroxylation is 2. The van der Waals surface area contributed by atoms with Crippen molar-refractivity contribution >= 4 is 17.5 Å². The topological polar surface area (TPSA) is 78.0 Å². The van der Waals surface area contributed by atoms with Crippen molar-refractivity contribution in [1.82, 2.24) is 9.78 Å². The molecule has 0 radical (unpaired) electrons. The fraction of sp³-hybridized carbons (Fsp3) is 0.176. The van der Waals surface area contributed by atoms with Gasteiger partial charge in [-0.3, -0.25) is 19.6 Å². The average Bonchev–Trinajstić information content (AvgIpc) is 2.76. The van der Waals surface area contributed by atoms with Crippen LogP contribution in [0.2, 0.25) is 0 Å². The van der Waals surface area contributed by atoms with Gasteiger partial charge in [-0.2, -0.15) is 5.10 Å². The molecule has 0 amide bonds. The third kappa shape index (κ3) is 3.60. The number of allylic oxidation sites excluding steroid dienone is 3. The lowest BCUT2D eigenvalue weighted by Crippen LogP contribution is -1.99. The van der Waals surface area contributed by atoms with E-state index in [0.717, 1.165) is 5.69 Å². The number of nitrogens with zero attached hydrogens (tertiary/aromatic N) is 3. The van der Waals surface area contributed by atoms with E-state index in [2.05, 4.69) is 5.10 Å². The van der Waals surface area contributed by atoms with Crippen LogP contribution in [0.4, 0.5) is 5.69 Å². The maximum absolute atomic E-state index is 12.2. The van der Waals surface area contributed by atoms with Crippen molar-refractivity contribution in [3.8, 4) is 0 Å². The van der Waals surface area contributed by atoms with Gasteiger partial charge in [-0.05, 0) is 32.1 Å². The van der Waals surface area contributed by atoms with Gasteiger partial charge in [0.15, 0.2) is 5.78 Å². The first-order valence-electron chi connectivity index (χ1n) is 7.04. The minimum Gasteiger partial charge on any atom is -0.289 e. The van der Waals surface area contributed by atoms with E-state index in [1.165, 1.54) is 12.1 Å². The van der Waals surface area contributed by atoms with Crippen LogP contribution in [-0.2, 0) is 7.05 Å². The van der Waals surface area contributed by atoms with Gasteiger partial charge in [-0.1, -0.05) is 24.3 Å². The molecular weight excluding hydrogens is 294 g/mol. The zero-order valence-corrected chi connectivity index (χ0v) is 13.2. The van der Waals surface area contributed by atoms with Gasteiger partial charge in [-0.25, -0.2) is 0 Å². The van der Waals surface area contributed by atoms with Gasteiger partial charge in [0.2, 0.25) is 0 Å². The molecule has 0 aliphatic heterocycles. The summed E-state index contributed by atoms with van der Waals surface area (Å²) in [7, 11) is 1.79. The summed E-state index contributed by atoms with van der Waals surface area (Å²) < 4.78 is 1.67. The Bertz CT molecular complexity index is 816. The van der Waals surface area contributed by atoms with Crippen LogP contribution < -0.4 is 0 Å². The van der Waals surface area contributed by atoms with Crippen molar-refractivity contribution in [3.05, 3.63) is 75.1 Å². The molecule has 6 nitrogen and oxygen atoms in total. The van der Waals surface area contributed by atoms with Crippen molar-refractivity contribution in [1.29, 1.82) is 0 Å². The largest absolute Gasteiger partial charge is 0.289 e. The van der Waals surface area contributed by atoms with Crippen LogP contribution in [0.5, 0.6) is 0 Å². The van der Waals surface area contributed by atoms with Gasteiger partial charge in [0, 0.05) is 18.8 Å². The molecule has 0 N–H and O–H groups in total. The quantitative estimate of drug-likeness (QED) is 0.279. The highest BCUT2D eigenvalue weighted by Crippen LogP contribution is 2.19. The van der Waals surface area contributed by atoms with Crippen LogP contribution in [-0.4, -0.2) is 20.5 Å². The Morgan fingerprint density at radius 1 is 1.26 bits per heavy atom. The second kappa shape index (κ2) is 6.83. The molecule has 0 saturated carbocycles. The first-order chi connectivity index (χ1) is 10.9. The summed E-state index contributed by atoms with van der Waals surface area (Å²) in [6.07, 6.45) is 6.22. The molecule has 1 heterocycles. The maximum Gasteiger partial charge on any atom is 0.276 e. The fourth-order valence-electron chi connectivity index (χ4n) is 2.31. The molecule has 0 atom stereocenters. The average molecular weight is 311 g/mol. The Kier molecular flexibility index (Phi) is 4.85. The van der Waals surface area contributed by atoms with Crippen LogP contribution in [0.3, 0.4) is 0 Å². The van der Waals surface area contributed by atoms with Gasteiger partial charge in [-0.15, -0.1) is 0 Å². The number of rotatable bonds is 5. The molecule has 23 heavy (non-hydrogen) atoms. The second-order valence-corrected chi connectivity index (χ2v) is 5.07. The third-order valence-corrected chi connectivity index (χ3v) is 3.52. The van der Waals surface area contributed by atoms with Crippen LogP contribution in [0.15, 0.2) is 42.5 Å². The summed E-state index contributed by atoms with van der Waals surface area (Å²) in [4.78, 5) is 22.7. The molecule has 0 aliphatic carbocycles. The predicted octanol–water partition coefficient (Wildman–Crippen LogP) is 3.40. The van der Waals surface area contributed by atoms with Crippen LogP contribution in [0.1, 0.15) is 27.3 Å². The minimum absolute atomic E-state index is 0.0300. The Labute approximate surface area is 133 Å². The molecule has 1 aromatic carbocycles. The van der Waals surface area contributed by atoms with Crippen molar-refractivity contribution < 1.29 is 9.72 Å². The minimum atomic E-state index is -0.434. The zero-order chi connectivity index (χ0) is 17.0. The van der Waals surface area contributed by atoms with E-state index in [1.54, 1.807) is 55.1 Å². The third-order valence-electron chi connectivity index (χ3n) is 3.52. The molecule has 0 saturated heterocycles. The van der Waals surface area contributed by atoms with Crippen molar-refractivity contribution in [3.63, 3.8) is 0 Å². The van der Waals surface area contributed by atoms with Gasteiger partial charge >= 0.3 is 0 Å². The summed E-state index contributed by atoms with van der Waals surface area (Å²) in [5.74, 6) is -0.139. The normalized spacial score (nSPS) is 11.4. The predicted molar refractivity (Wildman–Crippen MR) is 88.3 cm³/mol. The van der Waals surface area contributed by atoms with Gasteiger partial charge in [0.1, 0.15) is 0 Å². The van der Waals surface area contributed by atoms with Crippen molar-refractivity contribution in [2.45, 2.75) is 13.8 Å². The number of nitro benzene ring substituents is 1. The molecule has 118 valence electrons. The number of hydrogen-bond acceptors (Lipinski definition) is 4. The Morgan fingerprint density at radius 2 is 1.96 bits per heavy atom. The van der Waals surface area contributed by atoms with E-state index < -0.39 is 4.92 Å². The molecule has 1 aromatic heterocycles. The number of hydrogen-bond donors (Lipinski definition) is 0. The molecular formula is C17H17N3O3. The number of ketones is 1. The lowest BCUT2D eigenvalue weighted by Gasteiger charge is -1.96. The Balaban J connectivity index is 2.16. The molecule has 0 bridgehead atoms. The monoisotopic (exact) mass is 311 g/mol. The van der Waals surface area contributed by atoms with E-state index in [9.17, 15) is 14.9 Å². The number of nitro groups is 1. The van der Waals surface area contributed by atoms with Gasteiger partial charge in [0.05, 0.1) is 21.7 Å². The molecule has 0 fully saturated rings. The molecule has 2 aromatic rings. The highest BCUT2D eigenvalue weighted by atomic mass is 16.6. The SMILES string of the molecule is Cc1nn(C)c(C)c1C(=O)C=CC=Cc1ccccc1[N+](=O)[O-]. The highest BCUT2D eigenvalue weighted by molar-refractivity contribution is 6.06. The van der Waals surface area contributed by atoms with Crippen LogP contribution >= 0.6 is 0 Å². The molecule has 0 spiro atoms. The van der Waals surface area contributed by atoms with Crippen molar-refractivity contribution in [2.24, 2.45) is 7.05 Å². The van der Waals surface area contributed by atoms with E-state index in [0.29, 0.717) is 16.8 Å². The molecule has 6 heteroatoms.